The fraction of sp³-hybridized carbons (Fsp3) is 0.333. The number of carbonyl (C=O) groups is 1. The van der Waals surface area contributed by atoms with Gasteiger partial charge in [-0.05, 0) is 60.8 Å². The van der Waals surface area contributed by atoms with Gasteiger partial charge in [-0.15, -0.1) is 0 Å². The molecule has 0 atom stereocenters. The van der Waals surface area contributed by atoms with E-state index in [1.807, 2.05) is 18.3 Å². The van der Waals surface area contributed by atoms with Gasteiger partial charge in [0, 0.05) is 49.7 Å². The molecule has 4 rings (SSSR count). The molecule has 0 N–H and O–H groups in total. The number of Topliss-reactive ketones (excluding diaryl/α,β-unsaturated/α-hetero) is 1. The molecule has 0 bridgehead atoms. The molecule has 0 amide bonds. The van der Waals surface area contributed by atoms with Crippen LogP contribution in [0, 0.1) is 5.82 Å². The molecule has 0 spiro atoms. The Morgan fingerprint density at radius 1 is 1.03 bits per heavy atom. The highest BCUT2D eigenvalue weighted by Crippen LogP contribution is 2.24. The summed E-state index contributed by atoms with van der Waals surface area (Å²) in [6.07, 6.45) is 3.20. The van der Waals surface area contributed by atoms with Crippen molar-refractivity contribution in [2.45, 2.75) is 12.8 Å². The summed E-state index contributed by atoms with van der Waals surface area (Å²) in [6.45, 7) is 4.63. The molecule has 1 aromatic heterocycles. The van der Waals surface area contributed by atoms with E-state index >= 15 is 0 Å². The Kier molecular flexibility index (Phi) is 6.23. The number of ether oxygens (including phenoxy) is 1. The van der Waals surface area contributed by atoms with E-state index in [-0.39, 0.29) is 11.6 Å². The van der Waals surface area contributed by atoms with Crippen molar-refractivity contribution < 1.29 is 13.9 Å². The summed E-state index contributed by atoms with van der Waals surface area (Å²) in [7, 11) is 1.67. The minimum atomic E-state index is -0.315. The highest BCUT2D eigenvalue weighted by Gasteiger charge is 2.18. The van der Waals surface area contributed by atoms with E-state index in [0.29, 0.717) is 12.0 Å². The van der Waals surface area contributed by atoms with Crippen LogP contribution in [-0.2, 0) is 0 Å². The number of rotatable bonds is 7. The second-order valence-electron chi connectivity index (χ2n) is 7.62. The molecule has 30 heavy (non-hydrogen) atoms. The predicted octanol–water partition coefficient (Wildman–Crippen LogP) is 4.17. The molecule has 5 nitrogen and oxygen atoms in total. The first-order chi connectivity index (χ1) is 14.6. The summed E-state index contributed by atoms with van der Waals surface area (Å²) in [4.78, 5) is 21.6. The Morgan fingerprint density at radius 2 is 1.80 bits per heavy atom. The van der Waals surface area contributed by atoms with Gasteiger partial charge in [0.25, 0.3) is 0 Å². The number of benzene rings is 2. The van der Waals surface area contributed by atoms with E-state index < -0.39 is 0 Å². The van der Waals surface area contributed by atoms with Crippen LogP contribution in [0.4, 0.5) is 10.2 Å². The Labute approximate surface area is 176 Å². The lowest BCUT2D eigenvalue weighted by atomic mass is 10.1. The van der Waals surface area contributed by atoms with E-state index in [9.17, 15) is 9.18 Å². The van der Waals surface area contributed by atoms with Crippen LogP contribution in [0.5, 0.6) is 5.75 Å². The molecule has 1 aliphatic rings. The Morgan fingerprint density at radius 3 is 2.53 bits per heavy atom. The van der Waals surface area contributed by atoms with E-state index in [2.05, 4.69) is 26.9 Å². The molecule has 6 heteroatoms. The second-order valence-corrected chi connectivity index (χ2v) is 7.62. The van der Waals surface area contributed by atoms with Gasteiger partial charge < -0.3 is 9.64 Å². The number of carbonyl (C=O) groups excluding carboxylic acids is 1. The lowest BCUT2D eigenvalue weighted by Gasteiger charge is -2.35. The monoisotopic (exact) mass is 407 g/mol. The zero-order chi connectivity index (χ0) is 20.9. The molecule has 1 aliphatic heterocycles. The van der Waals surface area contributed by atoms with Gasteiger partial charge in [-0.3, -0.25) is 9.69 Å². The number of piperazine rings is 1. The van der Waals surface area contributed by atoms with E-state index in [1.54, 1.807) is 19.2 Å². The fourth-order valence-corrected chi connectivity index (χ4v) is 3.85. The number of ketones is 1. The number of halogens is 1. The number of fused-ring (bicyclic) bond motifs is 1. The van der Waals surface area contributed by atoms with Crippen LogP contribution in [0.25, 0.3) is 10.8 Å². The van der Waals surface area contributed by atoms with Crippen LogP contribution in [0.15, 0.2) is 54.7 Å². The van der Waals surface area contributed by atoms with Crippen LogP contribution in [0.3, 0.4) is 0 Å². The van der Waals surface area contributed by atoms with Gasteiger partial charge in [-0.2, -0.15) is 0 Å². The molecular formula is C24H26FN3O2. The Balaban J connectivity index is 1.26. The van der Waals surface area contributed by atoms with Crippen LogP contribution >= 0.6 is 0 Å². The van der Waals surface area contributed by atoms with Crippen molar-refractivity contribution in [2.75, 3.05) is 44.7 Å². The maximum atomic E-state index is 13.0. The van der Waals surface area contributed by atoms with Crippen molar-refractivity contribution >= 4 is 22.4 Å². The minimum absolute atomic E-state index is 0.0747. The van der Waals surface area contributed by atoms with Crippen LogP contribution in [-0.4, -0.2) is 55.5 Å². The molecule has 1 saturated heterocycles. The average Bonchev–Trinajstić information content (AvgIpc) is 2.79. The Hall–Kier alpha value is -2.99. The van der Waals surface area contributed by atoms with Crippen molar-refractivity contribution in [3.05, 3.63) is 66.1 Å². The first kappa shape index (κ1) is 20.3. The van der Waals surface area contributed by atoms with Gasteiger partial charge in [0.2, 0.25) is 0 Å². The van der Waals surface area contributed by atoms with Crippen LogP contribution < -0.4 is 9.64 Å². The lowest BCUT2D eigenvalue weighted by Crippen LogP contribution is -2.47. The summed E-state index contributed by atoms with van der Waals surface area (Å²) in [6, 6.07) is 14.0. The number of methoxy groups -OCH3 is 1. The topological polar surface area (TPSA) is 45.7 Å². The number of aromatic nitrogens is 1. The highest BCUT2D eigenvalue weighted by atomic mass is 19.1. The first-order valence-electron chi connectivity index (χ1n) is 10.3. The first-order valence-corrected chi connectivity index (χ1v) is 10.3. The highest BCUT2D eigenvalue weighted by molar-refractivity contribution is 5.95. The molecule has 1 fully saturated rings. The average molecular weight is 407 g/mol. The molecule has 156 valence electrons. The van der Waals surface area contributed by atoms with Crippen molar-refractivity contribution in [3.8, 4) is 5.75 Å². The summed E-state index contributed by atoms with van der Waals surface area (Å²) in [5.74, 6) is 1.60. The Bertz CT molecular complexity index is 1010. The number of hydrogen-bond acceptors (Lipinski definition) is 5. The molecule has 0 radical (unpaired) electrons. The van der Waals surface area contributed by atoms with Crippen molar-refractivity contribution in [1.29, 1.82) is 0 Å². The lowest BCUT2D eigenvalue weighted by molar-refractivity contribution is 0.0974. The SMILES string of the molecule is COc1ccc2cc(N3CCN(CCCC(=O)c4ccc(F)cc4)CC3)ncc2c1. The standard InChI is InChI=1S/C24H26FN3O2/c1-30-22-9-6-19-16-24(26-17-20(19)15-22)28-13-11-27(12-14-28)10-2-3-23(29)18-4-7-21(25)8-5-18/h4-9,15-17H,2-3,10-14H2,1H3. The summed E-state index contributed by atoms with van der Waals surface area (Å²) in [5.41, 5.74) is 0.584. The number of pyridine rings is 1. The van der Waals surface area contributed by atoms with E-state index in [1.165, 1.54) is 12.1 Å². The molecule has 0 unspecified atom stereocenters. The van der Waals surface area contributed by atoms with Gasteiger partial charge in [-0.1, -0.05) is 6.07 Å². The van der Waals surface area contributed by atoms with Gasteiger partial charge in [-0.25, -0.2) is 9.37 Å². The molecule has 0 aliphatic carbocycles. The maximum Gasteiger partial charge on any atom is 0.162 e. The number of hydrogen-bond donors (Lipinski definition) is 0. The number of nitrogens with zero attached hydrogens (tertiary/aromatic N) is 3. The van der Waals surface area contributed by atoms with E-state index in [4.69, 9.17) is 4.74 Å². The van der Waals surface area contributed by atoms with Crippen molar-refractivity contribution in [1.82, 2.24) is 9.88 Å². The van der Waals surface area contributed by atoms with Gasteiger partial charge in [0.15, 0.2) is 5.78 Å². The molecular weight excluding hydrogens is 381 g/mol. The van der Waals surface area contributed by atoms with Crippen molar-refractivity contribution in [3.63, 3.8) is 0 Å². The van der Waals surface area contributed by atoms with Crippen molar-refractivity contribution in [2.24, 2.45) is 0 Å². The largest absolute Gasteiger partial charge is 0.497 e. The third-order valence-corrected chi connectivity index (χ3v) is 5.66. The zero-order valence-electron chi connectivity index (χ0n) is 17.2. The quantitative estimate of drug-likeness (QED) is 0.550. The van der Waals surface area contributed by atoms with Gasteiger partial charge in [0.05, 0.1) is 7.11 Å². The predicted molar refractivity (Wildman–Crippen MR) is 117 cm³/mol. The zero-order valence-corrected chi connectivity index (χ0v) is 17.2. The molecule has 2 heterocycles. The minimum Gasteiger partial charge on any atom is -0.497 e. The smallest absolute Gasteiger partial charge is 0.162 e. The fourth-order valence-electron chi connectivity index (χ4n) is 3.85. The summed E-state index contributed by atoms with van der Waals surface area (Å²) >= 11 is 0. The van der Waals surface area contributed by atoms with Crippen LogP contribution in [0.1, 0.15) is 23.2 Å². The second kappa shape index (κ2) is 9.22. The van der Waals surface area contributed by atoms with Gasteiger partial charge in [0.1, 0.15) is 17.4 Å². The molecule has 0 saturated carbocycles. The van der Waals surface area contributed by atoms with E-state index in [0.717, 1.165) is 61.5 Å². The van der Waals surface area contributed by atoms with Crippen LogP contribution in [0.2, 0.25) is 0 Å². The summed E-state index contributed by atoms with van der Waals surface area (Å²) < 4.78 is 18.3. The third-order valence-electron chi connectivity index (χ3n) is 5.66. The molecule has 2 aromatic carbocycles. The maximum absolute atomic E-state index is 13.0. The number of anilines is 1. The molecule has 3 aromatic rings. The third kappa shape index (κ3) is 4.76. The van der Waals surface area contributed by atoms with Gasteiger partial charge >= 0.3 is 0 Å². The normalized spacial score (nSPS) is 14.8. The summed E-state index contributed by atoms with van der Waals surface area (Å²) in [5, 5.41) is 2.23.